The van der Waals surface area contributed by atoms with Crippen LogP contribution < -0.4 is 10.6 Å². The number of carbonyl (C=O) groups excluding carboxylic acids is 1. The van der Waals surface area contributed by atoms with Gasteiger partial charge in [0, 0.05) is 6.54 Å². The maximum atomic E-state index is 12.7. The van der Waals surface area contributed by atoms with Crippen LogP contribution in [0.4, 0.5) is 9.18 Å². The Morgan fingerprint density at radius 2 is 2.30 bits per heavy atom. The molecular formula is C18H27FN2O2. The number of carbonyl (C=O) groups is 1. The summed E-state index contributed by atoms with van der Waals surface area (Å²) in [4.78, 5) is 12.1. The van der Waals surface area contributed by atoms with Gasteiger partial charge in [0.15, 0.2) is 0 Å². The smallest absolute Gasteiger partial charge is 0.315 e. The summed E-state index contributed by atoms with van der Waals surface area (Å²) in [5.41, 5.74) is 4.53. The Morgan fingerprint density at radius 3 is 3.13 bits per heavy atom. The summed E-state index contributed by atoms with van der Waals surface area (Å²) >= 11 is 0. The number of halogens is 1. The Kier molecular flexibility index (Phi) is 6.87. The minimum absolute atomic E-state index is 0.0900. The molecule has 2 rings (SSSR count). The van der Waals surface area contributed by atoms with Crippen LogP contribution >= 0.6 is 0 Å². The van der Waals surface area contributed by atoms with Crippen molar-refractivity contribution >= 4 is 6.03 Å². The maximum absolute atomic E-state index is 12.7. The standard InChI is InChI=1S/C18H27FN2O2/c19-16(14-22)9-3-1-2-4-12-20-17(23)21-18-10-5-7-15(13-18)8-6-11-18/h5,9,22H,1-4,6,8,10-14H2,(H2,20,21,23)/b16-9-. The fourth-order valence-electron chi connectivity index (χ4n) is 3.33. The molecule has 1 fully saturated rings. The highest BCUT2D eigenvalue weighted by atomic mass is 19.1. The molecular weight excluding hydrogens is 295 g/mol. The molecule has 0 heterocycles. The number of hydrogen-bond acceptors (Lipinski definition) is 2. The summed E-state index contributed by atoms with van der Waals surface area (Å²) in [5, 5.41) is 14.6. The summed E-state index contributed by atoms with van der Waals surface area (Å²) in [6.07, 6.45) is 11.8. The molecule has 0 aromatic rings. The van der Waals surface area contributed by atoms with Crippen LogP contribution in [0.15, 0.2) is 29.3 Å². The Hall–Kier alpha value is -1.58. The number of amides is 2. The van der Waals surface area contributed by atoms with E-state index in [0.29, 0.717) is 13.0 Å². The third-order valence-electron chi connectivity index (χ3n) is 4.55. The van der Waals surface area contributed by atoms with E-state index >= 15 is 0 Å². The molecule has 0 aromatic carbocycles. The molecule has 0 spiro atoms. The van der Waals surface area contributed by atoms with Gasteiger partial charge in [-0.3, -0.25) is 0 Å². The van der Waals surface area contributed by atoms with Crippen LogP contribution in [-0.4, -0.2) is 29.8 Å². The van der Waals surface area contributed by atoms with Crippen molar-refractivity contribution in [3.05, 3.63) is 29.3 Å². The van der Waals surface area contributed by atoms with E-state index in [-0.39, 0.29) is 11.6 Å². The third kappa shape index (κ3) is 5.85. The number of nitrogens with one attached hydrogen (secondary N) is 2. The lowest BCUT2D eigenvalue weighted by molar-refractivity contribution is 0.212. The van der Waals surface area contributed by atoms with E-state index in [1.165, 1.54) is 11.6 Å². The molecule has 4 nitrogen and oxygen atoms in total. The molecule has 0 aromatic heterocycles. The number of allylic oxidation sites excluding steroid dienone is 1. The first-order valence-corrected chi connectivity index (χ1v) is 8.58. The van der Waals surface area contributed by atoms with Gasteiger partial charge < -0.3 is 15.7 Å². The van der Waals surface area contributed by atoms with Gasteiger partial charge in [-0.2, -0.15) is 0 Å². The van der Waals surface area contributed by atoms with Crippen LogP contribution in [0, 0.1) is 0 Å². The molecule has 128 valence electrons. The minimum Gasteiger partial charge on any atom is -0.389 e. The first-order chi connectivity index (χ1) is 11.1. The van der Waals surface area contributed by atoms with Crippen LogP contribution in [0.25, 0.3) is 0 Å². The van der Waals surface area contributed by atoms with E-state index in [9.17, 15) is 9.18 Å². The molecule has 0 aliphatic heterocycles. The molecule has 1 saturated carbocycles. The molecule has 0 radical (unpaired) electrons. The van der Waals surface area contributed by atoms with Crippen molar-refractivity contribution in [1.82, 2.24) is 10.6 Å². The molecule has 23 heavy (non-hydrogen) atoms. The SMILES string of the molecule is O=C(NCCCCC/C=C(\F)CO)NC12CC=C=C(CCC1)C2. The second kappa shape index (κ2) is 8.90. The van der Waals surface area contributed by atoms with Gasteiger partial charge in [-0.15, -0.1) is 5.73 Å². The zero-order valence-corrected chi connectivity index (χ0v) is 13.7. The van der Waals surface area contributed by atoms with Gasteiger partial charge in [0.1, 0.15) is 5.83 Å². The molecule has 1 unspecified atom stereocenters. The van der Waals surface area contributed by atoms with Gasteiger partial charge in [0.05, 0.1) is 12.1 Å². The van der Waals surface area contributed by atoms with Crippen molar-refractivity contribution in [2.45, 2.75) is 63.3 Å². The number of unbranched alkanes of at least 4 members (excludes halogenated alkanes) is 3. The molecule has 2 aliphatic rings. The largest absolute Gasteiger partial charge is 0.389 e. The molecule has 5 heteroatoms. The molecule has 3 N–H and O–H groups in total. The van der Waals surface area contributed by atoms with Crippen LogP contribution in [0.2, 0.25) is 0 Å². The molecule has 2 amide bonds. The van der Waals surface area contributed by atoms with Crippen LogP contribution in [-0.2, 0) is 0 Å². The van der Waals surface area contributed by atoms with Gasteiger partial charge >= 0.3 is 6.03 Å². The zero-order chi connectivity index (χ0) is 16.5. The number of aliphatic hydroxyl groups is 1. The summed E-state index contributed by atoms with van der Waals surface area (Å²) in [7, 11) is 0. The van der Waals surface area contributed by atoms with Crippen molar-refractivity contribution in [2.75, 3.05) is 13.2 Å². The number of rotatable bonds is 8. The third-order valence-corrected chi connectivity index (χ3v) is 4.55. The number of fused-ring (bicyclic) bond motifs is 2. The molecule has 0 saturated heterocycles. The fraction of sp³-hybridized carbons (Fsp3) is 0.667. The van der Waals surface area contributed by atoms with Crippen molar-refractivity contribution < 1.29 is 14.3 Å². The van der Waals surface area contributed by atoms with E-state index in [2.05, 4.69) is 22.4 Å². The first kappa shape index (κ1) is 17.8. The van der Waals surface area contributed by atoms with Gasteiger partial charge in [0.2, 0.25) is 0 Å². The van der Waals surface area contributed by atoms with Crippen LogP contribution in [0.1, 0.15) is 57.8 Å². The lowest BCUT2D eigenvalue weighted by Crippen LogP contribution is -2.53. The van der Waals surface area contributed by atoms with E-state index < -0.39 is 12.4 Å². The van der Waals surface area contributed by atoms with Crippen molar-refractivity contribution in [2.24, 2.45) is 0 Å². The monoisotopic (exact) mass is 322 g/mol. The highest BCUT2D eigenvalue weighted by Gasteiger charge is 2.35. The normalized spacial score (nSPS) is 23.4. The van der Waals surface area contributed by atoms with Crippen LogP contribution in [0.5, 0.6) is 0 Å². The molecule has 2 aliphatic carbocycles. The van der Waals surface area contributed by atoms with Crippen LogP contribution in [0.3, 0.4) is 0 Å². The lowest BCUT2D eigenvalue weighted by atomic mass is 9.75. The number of hydrogen-bond donors (Lipinski definition) is 3. The van der Waals surface area contributed by atoms with Gasteiger partial charge in [-0.1, -0.05) is 12.5 Å². The summed E-state index contributed by atoms with van der Waals surface area (Å²) in [6.45, 7) is 0.113. The fourth-order valence-corrected chi connectivity index (χ4v) is 3.33. The Morgan fingerprint density at radius 1 is 1.43 bits per heavy atom. The van der Waals surface area contributed by atoms with Crippen molar-refractivity contribution in [1.29, 1.82) is 0 Å². The zero-order valence-electron chi connectivity index (χ0n) is 13.7. The highest BCUT2D eigenvalue weighted by Crippen LogP contribution is 2.36. The van der Waals surface area contributed by atoms with Crippen molar-refractivity contribution in [3.8, 4) is 0 Å². The van der Waals surface area contributed by atoms with E-state index in [0.717, 1.165) is 51.4 Å². The number of urea groups is 1. The summed E-state index contributed by atoms with van der Waals surface area (Å²) in [6, 6.07) is -0.0900. The summed E-state index contributed by atoms with van der Waals surface area (Å²) < 4.78 is 12.7. The predicted octanol–water partition coefficient (Wildman–Crippen LogP) is 3.49. The second-order valence-corrected chi connectivity index (χ2v) is 6.51. The number of aliphatic hydroxyl groups excluding tert-OH is 1. The Labute approximate surface area is 137 Å². The van der Waals surface area contributed by atoms with E-state index in [4.69, 9.17) is 5.11 Å². The average molecular weight is 322 g/mol. The molecule has 1 atom stereocenters. The molecule has 2 bridgehead atoms. The predicted molar refractivity (Wildman–Crippen MR) is 88.7 cm³/mol. The minimum atomic E-state index is -0.518. The maximum Gasteiger partial charge on any atom is 0.315 e. The second-order valence-electron chi connectivity index (χ2n) is 6.51. The average Bonchev–Trinajstić information content (AvgIpc) is 2.53. The quantitative estimate of drug-likeness (QED) is 0.473. The van der Waals surface area contributed by atoms with Gasteiger partial charge in [0.25, 0.3) is 0 Å². The lowest BCUT2D eigenvalue weighted by Gasteiger charge is -2.39. The Balaban J connectivity index is 1.58. The van der Waals surface area contributed by atoms with Gasteiger partial charge in [-0.25, -0.2) is 9.18 Å². The highest BCUT2D eigenvalue weighted by molar-refractivity contribution is 5.75. The topological polar surface area (TPSA) is 61.4 Å². The first-order valence-electron chi connectivity index (χ1n) is 8.58. The Bertz CT molecular complexity index is 509. The van der Waals surface area contributed by atoms with E-state index in [1.54, 1.807) is 0 Å². The van der Waals surface area contributed by atoms with E-state index in [1.807, 2.05) is 0 Å². The van der Waals surface area contributed by atoms with Gasteiger partial charge in [-0.05, 0) is 63.0 Å². The summed E-state index contributed by atoms with van der Waals surface area (Å²) in [5.74, 6) is -0.468. The van der Waals surface area contributed by atoms with Crippen molar-refractivity contribution in [3.63, 3.8) is 0 Å².